The first-order valence-corrected chi connectivity index (χ1v) is 7.02. The third-order valence-electron chi connectivity index (χ3n) is 2.38. The normalized spacial score (nSPS) is 13.1. The van der Waals surface area contributed by atoms with Crippen LogP contribution in [0.25, 0.3) is 0 Å². The number of anilines is 1. The summed E-state index contributed by atoms with van der Waals surface area (Å²) in [5, 5.41) is 8.81. The van der Waals surface area contributed by atoms with E-state index in [4.69, 9.17) is 5.11 Å². The molecule has 100 valence electrons. The molecular formula is C11H14FNO4S. The van der Waals surface area contributed by atoms with Crippen LogP contribution in [0.3, 0.4) is 0 Å². The van der Waals surface area contributed by atoms with Gasteiger partial charge >= 0.3 is 5.97 Å². The third kappa shape index (κ3) is 3.69. The molecule has 0 fully saturated rings. The van der Waals surface area contributed by atoms with Crippen molar-refractivity contribution >= 4 is 21.7 Å². The number of hydrogen-bond donors (Lipinski definition) is 1. The molecule has 0 aliphatic carbocycles. The summed E-state index contributed by atoms with van der Waals surface area (Å²) in [4.78, 5) is 10.8. The van der Waals surface area contributed by atoms with Gasteiger partial charge in [0.25, 0.3) is 0 Å². The number of carboxylic acids is 1. The van der Waals surface area contributed by atoms with Crippen LogP contribution in [0.1, 0.15) is 6.92 Å². The van der Waals surface area contributed by atoms with Gasteiger partial charge in [-0.05, 0) is 24.3 Å². The number of sulfonamides is 1. The first-order valence-electron chi connectivity index (χ1n) is 5.18. The number of hydrogen-bond acceptors (Lipinski definition) is 3. The minimum absolute atomic E-state index is 0.195. The van der Waals surface area contributed by atoms with Gasteiger partial charge in [-0.2, -0.15) is 0 Å². The molecule has 0 heterocycles. The monoisotopic (exact) mass is 275 g/mol. The molecule has 1 aromatic rings. The number of carbonyl (C=O) groups is 1. The van der Waals surface area contributed by atoms with Crippen LogP contribution in [-0.2, 0) is 14.8 Å². The molecule has 7 heteroatoms. The Morgan fingerprint density at radius 1 is 1.39 bits per heavy atom. The zero-order valence-corrected chi connectivity index (χ0v) is 10.8. The van der Waals surface area contributed by atoms with E-state index < -0.39 is 27.7 Å². The van der Waals surface area contributed by atoms with Crippen LogP contribution in [0.5, 0.6) is 0 Å². The Morgan fingerprint density at radius 3 is 2.28 bits per heavy atom. The van der Waals surface area contributed by atoms with Crippen molar-refractivity contribution in [3.63, 3.8) is 0 Å². The van der Waals surface area contributed by atoms with Crippen LogP contribution in [0, 0.1) is 11.7 Å². The number of aliphatic carboxylic acids is 1. The molecule has 0 aliphatic rings. The molecule has 1 unspecified atom stereocenters. The highest BCUT2D eigenvalue weighted by molar-refractivity contribution is 7.92. The molecule has 1 aromatic carbocycles. The smallest absolute Gasteiger partial charge is 0.308 e. The second-order valence-corrected chi connectivity index (χ2v) is 5.92. The van der Waals surface area contributed by atoms with Crippen molar-refractivity contribution in [2.75, 3.05) is 17.1 Å². The topological polar surface area (TPSA) is 74.7 Å². The Balaban J connectivity index is 3.07. The Bertz CT molecular complexity index is 526. The standard InChI is InChI=1S/C11H14FNO4S/c1-8(11(14)15)7-13(18(2,16)17)10-5-3-9(12)4-6-10/h3-6,8H,7H2,1-2H3,(H,14,15). The zero-order chi connectivity index (χ0) is 13.9. The molecule has 0 radical (unpaired) electrons. The van der Waals surface area contributed by atoms with E-state index in [1.807, 2.05) is 0 Å². The molecule has 1 atom stereocenters. The van der Waals surface area contributed by atoms with Crippen molar-refractivity contribution in [1.29, 1.82) is 0 Å². The van der Waals surface area contributed by atoms with E-state index in [0.717, 1.165) is 22.7 Å². The van der Waals surface area contributed by atoms with Crippen LogP contribution >= 0.6 is 0 Å². The first-order chi connectivity index (χ1) is 8.21. The molecule has 18 heavy (non-hydrogen) atoms. The van der Waals surface area contributed by atoms with E-state index in [0.29, 0.717) is 0 Å². The van der Waals surface area contributed by atoms with E-state index in [2.05, 4.69) is 0 Å². The van der Waals surface area contributed by atoms with Gasteiger partial charge in [0.15, 0.2) is 0 Å². The zero-order valence-electron chi connectivity index (χ0n) is 10.00. The molecule has 1 N–H and O–H groups in total. The first kappa shape index (κ1) is 14.4. The van der Waals surface area contributed by atoms with Gasteiger partial charge in [0.05, 0.1) is 17.9 Å². The van der Waals surface area contributed by atoms with Crippen molar-refractivity contribution in [2.24, 2.45) is 5.92 Å². The lowest BCUT2D eigenvalue weighted by Gasteiger charge is -2.24. The maximum absolute atomic E-state index is 12.8. The molecule has 0 aliphatic heterocycles. The quantitative estimate of drug-likeness (QED) is 0.879. The molecule has 0 aromatic heterocycles. The fourth-order valence-corrected chi connectivity index (χ4v) is 2.37. The average molecular weight is 275 g/mol. The minimum atomic E-state index is -3.61. The Labute approximate surface area is 105 Å². The van der Waals surface area contributed by atoms with Crippen LogP contribution in [0.2, 0.25) is 0 Å². The highest BCUT2D eigenvalue weighted by Gasteiger charge is 2.23. The van der Waals surface area contributed by atoms with E-state index >= 15 is 0 Å². The number of halogens is 1. The van der Waals surface area contributed by atoms with Crippen molar-refractivity contribution in [3.05, 3.63) is 30.1 Å². The van der Waals surface area contributed by atoms with Crippen LogP contribution < -0.4 is 4.31 Å². The van der Waals surface area contributed by atoms with Gasteiger partial charge in [0, 0.05) is 6.54 Å². The van der Waals surface area contributed by atoms with Crippen LogP contribution in [-0.4, -0.2) is 32.3 Å². The van der Waals surface area contributed by atoms with E-state index in [-0.39, 0.29) is 12.2 Å². The summed E-state index contributed by atoms with van der Waals surface area (Å²) in [5.41, 5.74) is 0.243. The molecule has 0 saturated carbocycles. The van der Waals surface area contributed by atoms with Gasteiger partial charge < -0.3 is 5.11 Å². The Morgan fingerprint density at radius 2 is 1.89 bits per heavy atom. The van der Waals surface area contributed by atoms with Crippen LogP contribution in [0.4, 0.5) is 10.1 Å². The van der Waals surface area contributed by atoms with Gasteiger partial charge in [-0.1, -0.05) is 6.92 Å². The van der Waals surface area contributed by atoms with Crippen LogP contribution in [0.15, 0.2) is 24.3 Å². The third-order valence-corrected chi connectivity index (χ3v) is 3.54. The lowest BCUT2D eigenvalue weighted by atomic mass is 10.2. The molecule has 5 nitrogen and oxygen atoms in total. The molecule has 0 bridgehead atoms. The molecule has 0 saturated heterocycles. The minimum Gasteiger partial charge on any atom is -0.481 e. The predicted molar refractivity (Wildman–Crippen MR) is 65.4 cm³/mol. The van der Waals surface area contributed by atoms with Gasteiger partial charge in [-0.3, -0.25) is 9.10 Å². The summed E-state index contributed by atoms with van der Waals surface area (Å²) < 4.78 is 37.0. The van der Waals surface area contributed by atoms with Crippen molar-refractivity contribution in [1.82, 2.24) is 0 Å². The summed E-state index contributed by atoms with van der Waals surface area (Å²) in [6.45, 7) is 1.21. The van der Waals surface area contributed by atoms with Gasteiger partial charge in [-0.25, -0.2) is 12.8 Å². The van der Waals surface area contributed by atoms with Crippen molar-refractivity contribution in [2.45, 2.75) is 6.92 Å². The summed E-state index contributed by atoms with van der Waals surface area (Å²) in [6, 6.07) is 4.84. The number of benzene rings is 1. The molecular weight excluding hydrogens is 261 g/mol. The largest absolute Gasteiger partial charge is 0.481 e. The van der Waals surface area contributed by atoms with Crippen molar-refractivity contribution < 1.29 is 22.7 Å². The highest BCUT2D eigenvalue weighted by Crippen LogP contribution is 2.19. The van der Waals surface area contributed by atoms with Gasteiger partial charge in [0.2, 0.25) is 10.0 Å². The number of carboxylic acid groups (broad SMARTS) is 1. The average Bonchev–Trinajstić information content (AvgIpc) is 2.25. The second-order valence-electron chi connectivity index (χ2n) is 4.01. The predicted octanol–water partition coefficient (Wildman–Crippen LogP) is 1.31. The lowest BCUT2D eigenvalue weighted by molar-refractivity contribution is -0.140. The summed E-state index contributed by atoms with van der Waals surface area (Å²) >= 11 is 0. The maximum atomic E-state index is 12.8. The van der Waals surface area contributed by atoms with E-state index in [9.17, 15) is 17.6 Å². The summed E-state index contributed by atoms with van der Waals surface area (Å²) in [6.07, 6.45) is 0.977. The number of rotatable bonds is 5. The molecule has 0 spiro atoms. The maximum Gasteiger partial charge on any atom is 0.308 e. The molecule has 0 amide bonds. The summed E-state index contributed by atoms with van der Waals surface area (Å²) in [5.74, 6) is -2.44. The fraction of sp³-hybridized carbons (Fsp3) is 0.364. The van der Waals surface area contributed by atoms with E-state index in [1.54, 1.807) is 0 Å². The van der Waals surface area contributed by atoms with Gasteiger partial charge in [0.1, 0.15) is 5.82 Å². The van der Waals surface area contributed by atoms with Gasteiger partial charge in [-0.15, -0.1) is 0 Å². The van der Waals surface area contributed by atoms with Crippen molar-refractivity contribution in [3.8, 4) is 0 Å². The molecule has 1 rings (SSSR count). The Kier molecular flexibility index (Phi) is 4.28. The highest BCUT2D eigenvalue weighted by atomic mass is 32.2. The number of nitrogens with zero attached hydrogens (tertiary/aromatic N) is 1. The SMILES string of the molecule is CC(CN(c1ccc(F)cc1)S(C)(=O)=O)C(=O)O. The fourth-order valence-electron chi connectivity index (χ4n) is 1.37. The lowest BCUT2D eigenvalue weighted by Crippen LogP contribution is -2.36. The summed E-state index contributed by atoms with van der Waals surface area (Å²) in [7, 11) is -3.61. The Hall–Kier alpha value is -1.63. The second kappa shape index (κ2) is 5.34. The van der Waals surface area contributed by atoms with E-state index in [1.165, 1.54) is 19.1 Å².